The lowest BCUT2D eigenvalue weighted by Crippen LogP contribution is -2.36. The van der Waals surface area contributed by atoms with Gasteiger partial charge in [0.2, 0.25) is 5.91 Å². The van der Waals surface area contributed by atoms with Gasteiger partial charge in [-0.3, -0.25) is 9.59 Å². The number of amides is 2. The number of anilines is 3. The molecule has 2 aromatic rings. The summed E-state index contributed by atoms with van der Waals surface area (Å²) in [7, 11) is 0. The van der Waals surface area contributed by atoms with E-state index >= 15 is 0 Å². The SMILES string of the molecule is Cc1cccc(N2C(=O)C[C@@H](Nc3ccc(N4CCOCC4)cc3)C2=O)c1C. The number of carbonyl (C=O) groups excluding carboxylic acids is 2. The second kappa shape index (κ2) is 7.64. The summed E-state index contributed by atoms with van der Waals surface area (Å²) in [5, 5.41) is 3.23. The third kappa shape index (κ3) is 3.47. The minimum Gasteiger partial charge on any atom is -0.378 e. The van der Waals surface area contributed by atoms with Crippen LogP contribution in [0.1, 0.15) is 17.5 Å². The second-order valence-electron chi connectivity index (χ2n) is 7.33. The summed E-state index contributed by atoms with van der Waals surface area (Å²) in [6.45, 7) is 7.17. The van der Waals surface area contributed by atoms with Crippen molar-refractivity contribution in [3.8, 4) is 0 Å². The first kappa shape index (κ1) is 18.5. The van der Waals surface area contributed by atoms with E-state index in [0.717, 1.165) is 48.8 Å². The molecule has 2 amide bonds. The summed E-state index contributed by atoms with van der Waals surface area (Å²) in [5.41, 5.74) is 4.68. The molecule has 2 aliphatic heterocycles. The first-order chi connectivity index (χ1) is 13.5. The van der Waals surface area contributed by atoms with Gasteiger partial charge in [0.05, 0.1) is 25.3 Å². The molecule has 0 radical (unpaired) electrons. The molecule has 0 saturated carbocycles. The zero-order valence-corrected chi connectivity index (χ0v) is 16.3. The zero-order valence-electron chi connectivity index (χ0n) is 16.3. The van der Waals surface area contributed by atoms with Gasteiger partial charge >= 0.3 is 0 Å². The molecule has 0 aliphatic carbocycles. The molecule has 6 heteroatoms. The number of benzene rings is 2. The summed E-state index contributed by atoms with van der Waals surface area (Å²) in [6, 6.07) is 13.2. The van der Waals surface area contributed by atoms with Crippen LogP contribution in [0.25, 0.3) is 0 Å². The molecule has 2 fully saturated rings. The number of ether oxygens (including phenoxy) is 1. The van der Waals surface area contributed by atoms with Gasteiger partial charge in [-0.1, -0.05) is 12.1 Å². The third-order valence-corrected chi connectivity index (χ3v) is 5.55. The Balaban J connectivity index is 1.47. The van der Waals surface area contributed by atoms with Crippen LogP contribution < -0.4 is 15.1 Å². The van der Waals surface area contributed by atoms with Crippen LogP contribution in [-0.4, -0.2) is 44.2 Å². The minimum absolute atomic E-state index is 0.164. The van der Waals surface area contributed by atoms with Crippen molar-refractivity contribution in [2.45, 2.75) is 26.3 Å². The van der Waals surface area contributed by atoms with Crippen molar-refractivity contribution >= 4 is 28.9 Å². The molecule has 4 rings (SSSR count). The first-order valence-corrected chi connectivity index (χ1v) is 9.67. The molecule has 0 unspecified atom stereocenters. The molecule has 1 atom stereocenters. The number of aryl methyl sites for hydroxylation is 1. The van der Waals surface area contributed by atoms with Gasteiger partial charge in [0, 0.05) is 24.5 Å². The van der Waals surface area contributed by atoms with E-state index in [4.69, 9.17) is 4.74 Å². The molecule has 0 aromatic heterocycles. The highest BCUT2D eigenvalue weighted by Crippen LogP contribution is 2.29. The van der Waals surface area contributed by atoms with E-state index in [1.54, 1.807) is 0 Å². The summed E-state index contributed by atoms with van der Waals surface area (Å²) in [6.07, 6.45) is 0.164. The average Bonchev–Trinajstić information content (AvgIpc) is 2.98. The monoisotopic (exact) mass is 379 g/mol. The molecule has 28 heavy (non-hydrogen) atoms. The van der Waals surface area contributed by atoms with Crippen molar-refractivity contribution in [1.82, 2.24) is 0 Å². The Bertz CT molecular complexity index is 888. The van der Waals surface area contributed by atoms with Gasteiger partial charge in [0.25, 0.3) is 5.91 Å². The van der Waals surface area contributed by atoms with E-state index in [-0.39, 0.29) is 18.2 Å². The molecule has 146 valence electrons. The van der Waals surface area contributed by atoms with E-state index in [2.05, 4.69) is 10.2 Å². The molecule has 0 spiro atoms. The molecule has 2 aromatic carbocycles. The topological polar surface area (TPSA) is 61.9 Å². The number of hydrogen-bond acceptors (Lipinski definition) is 5. The van der Waals surface area contributed by atoms with Crippen molar-refractivity contribution in [2.24, 2.45) is 0 Å². The summed E-state index contributed by atoms with van der Waals surface area (Å²) in [4.78, 5) is 29.1. The quantitative estimate of drug-likeness (QED) is 0.828. The highest BCUT2D eigenvalue weighted by Gasteiger charge is 2.40. The lowest BCUT2D eigenvalue weighted by molar-refractivity contribution is -0.121. The van der Waals surface area contributed by atoms with Crippen molar-refractivity contribution in [3.05, 3.63) is 53.6 Å². The van der Waals surface area contributed by atoms with Gasteiger partial charge in [-0.15, -0.1) is 0 Å². The number of nitrogens with zero attached hydrogens (tertiary/aromatic N) is 2. The fourth-order valence-electron chi connectivity index (χ4n) is 3.77. The molecular formula is C22H25N3O3. The Morgan fingerprint density at radius 1 is 1.00 bits per heavy atom. The lowest BCUT2D eigenvalue weighted by Gasteiger charge is -2.29. The number of morpholine rings is 1. The van der Waals surface area contributed by atoms with Gasteiger partial charge in [-0.2, -0.15) is 0 Å². The predicted molar refractivity (Wildman–Crippen MR) is 110 cm³/mol. The van der Waals surface area contributed by atoms with Crippen LogP contribution in [0, 0.1) is 13.8 Å². The van der Waals surface area contributed by atoms with Crippen molar-refractivity contribution in [2.75, 3.05) is 41.4 Å². The van der Waals surface area contributed by atoms with Gasteiger partial charge in [0.1, 0.15) is 6.04 Å². The van der Waals surface area contributed by atoms with E-state index in [0.29, 0.717) is 5.69 Å². The zero-order chi connectivity index (χ0) is 19.7. The number of hydrogen-bond donors (Lipinski definition) is 1. The highest BCUT2D eigenvalue weighted by molar-refractivity contribution is 6.23. The van der Waals surface area contributed by atoms with Crippen LogP contribution in [0.2, 0.25) is 0 Å². The Morgan fingerprint density at radius 2 is 1.71 bits per heavy atom. The second-order valence-corrected chi connectivity index (χ2v) is 7.33. The third-order valence-electron chi connectivity index (χ3n) is 5.55. The average molecular weight is 379 g/mol. The predicted octanol–water partition coefficient (Wildman–Crippen LogP) is 2.88. The van der Waals surface area contributed by atoms with Crippen LogP contribution in [0.4, 0.5) is 17.1 Å². The first-order valence-electron chi connectivity index (χ1n) is 9.67. The smallest absolute Gasteiger partial charge is 0.256 e. The van der Waals surface area contributed by atoms with Crippen LogP contribution >= 0.6 is 0 Å². The molecule has 2 aliphatic rings. The van der Waals surface area contributed by atoms with E-state index in [1.807, 2.05) is 56.3 Å². The standard InChI is InChI=1S/C22H25N3O3/c1-15-4-3-5-20(16(15)2)25-21(26)14-19(22(25)27)23-17-6-8-18(9-7-17)24-10-12-28-13-11-24/h3-9,19,23H,10-14H2,1-2H3/t19-/m1/s1. The van der Waals surface area contributed by atoms with Crippen LogP contribution in [0.15, 0.2) is 42.5 Å². The molecule has 0 bridgehead atoms. The maximum atomic E-state index is 12.9. The fraction of sp³-hybridized carbons (Fsp3) is 0.364. The minimum atomic E-state index is -0.540. The molecule has 1 N–H and O–H groups in total. The van der Waals surface area contributed by atoms with E-state index < -0.39 is 6.04 Å². The van der Waals surface area contributed by atoms with Crippen LogP contribution in [-0.2, 0) is 14.3 Å². The van der Waals surface area contributed by atoms with Gasteiger partial charge in [-0.25, -0.2) is 4.90 Å². The molecule has 6 nitrogen and oxygen atoms in total. The largest absolute Gasteiger partial charge is 0.378 e. The van der Waals surface area contributed by atoms with Crippen molar-refractivity contribution < 1.29 is 14.3 Å². The highest BCUT2D eigenvalue weighted by atomic mass is 16.5. The van der Waals surface area contributed by atoms with Crippen LogP contribution in [0.3, 0.4) is 0 Å². The normalized spacial score (nSPS) is 20.0. The number of imide groups is 1. The molecule has 2 heterocycles. The number of rotatable bonds is 4. The maximum absolute atomic E-state index is 12.9. The van der Waals surface area contributed by atoms with Gasteiger partial charge < -0.3 is 15.0 Å². The molecule has 2 saturated heterocycles. The molecular weight excluding hydrogens is 354 g/mol. The lowest BCUT2D eigenvalue weighted by atomic mass is 10.1. The Morgan fingerprint density at radius 3 is 2.43 bits per heavy atom. The summed E-state index contributed by atoms with van der Waals surface area (Å²) in [5.74, 6) is -0.364. The fourth-order valence-corrected chi connectivity index (χ4v) is 3.77. The number of carbonyl (C=O) groups is 2. The summed E-state index contributed by atoms with van der Waals surface area (Å²) < 4.78 is 5.39. The van der Waals surface area contributed by atoms with Crippen molar-refractivity contribution in [3.63, 3.8) is 0 Å². The van der Waals surface area contributed by atoms with E-state index in [9.17, 15) is 9.59 Å². The Hall–Kier alpha value is -2.86. The maximum Gasteiger partial charge on any atom is 0.256 e. The van der Waals surface area contributed by atoms with Gasteiger partial charge in [0.15, 0.2) is 0 Å². The summed E-state index contributed by atoms with van der Waals surface area (Å²) >= 11 is 0. The van der Waals surface area contributed by atoms with Crippen LogP contribution in [0.5, 0.6) is 0 Å². The Kier molecular flexibility index (Phi) is 5.05. The number of nitrogens with one attached hydrogen (secondary N) is 1. The van der Waals surface area contributed by atoms with Gasteiger partial charge in [-0.05, 0) is 55.3 Å². The Labute approximate surface area is 165 Å². The van der Waals surface area contributed by atoms with Crippen molar-refractivity contribution in [1.29, 1.82) is 0 Å². The van der Waals surface area contributed by atoms with E-state index in [1.165, 1.54) is 4.90 Å².